The van der Waals surface area contributed by atoms with Crippen LogP contribution in [-0.4, -0.2) is 25.8 Å². The lowest BCUT2D eigenvalue weighted by atomic mass is 10.1. The Labute approximate surface area is 163 Å². The minimum atomic E-state index is -0.397. The molecule has 1 aromatic carbocycles. The molecule has 0 aliphatic carbocycles. The van der Waals surface area contributed by atoms with Crippen molar-refractivity contribution >= 4 is 50.6 Å². The molecule has 0 aliphatic rings. The number of carbonyl (C=O) groups is 1. The number of hydrogen-bond donors (Lipinski definition) is 1. The van der Waals surface area contributed by atoms with Gasteiger partial charge in [0.2, 0.25) is 5.91 Å². The maximum Gasteiger partial charge on any atom is 0.238 e. The highest BCUT2D eigenvalue weighted by Gasteiger charge is 2.20. The number of para-hydroxylation sites is 1. The number of pyridine rings is 1. The average molecular weight is 393 g/mol. The highest BCUT2D eigenvalue weighted by molar-refractivity contribution is 8.00. The van der Waals surface area contributed by atoms with Crippen LogP contribution in [0.1, 0.15) is 18.1 Å². The van der Waals surface area contributed by atoms with E-state index in [0.717, 1.165) is 22.1 Å². The highest BCUT2D eigenvalue weighted by Crippen LogP contribution is 2.29. The lowest BCUT2D eigenvalue weighted by Gasteiger charge is -2.11. The summed E-state index contributed by atoms with van der Waals surface area (Å²) in [5.41, 5.74) is 3.37. The van der Waals surface area contributed by atoms with E-state index in [4.69, 9.17) is 5.26 Å². The fraction of sp³-hybridized carbons (Fsp3) is 0.158. The molecular weight excluding hydrogens is 378 g/mol. The van der Waals surface area contributed by atoms with Crippen LogP contribution < -0.4 is 5.32 Å². The van der Waals surface area contributed by atoms with Crippen LogP contribution in [0.2, 0.25) is 0 Å². The zero-order valence-corrected chi connectivity index (χ0v) is 16.3. The maximum absolute atomic E-state index is 12.6. The molecule has 1 N–H and O–H groups in total. The zero-order valence-electron chi connectivity index (χ0n) is 14.6. The third-order valence-electron chi connectivity index (χ3n) is 4.25. The summed E-state index contributed by atoms with van der Waals surface area (Å²) >= 11 is 2.68. The summed E-state index contributed by atoms with van der Waals surface area (Å²) in [6, 6.07) is 13.8. The van der Waals surface area contributed by atoms with Gasteiger partial charge in [-0.25, -0.2) is 0 Å². The number of amides is 1. The number of thioether (sulfide) groups is 1. The number of anilines is 1. The van der Waals surface area contributed by atoms with E-state index in [1.807, 2.05) is 42.5 Å². The average Bonchev–Trinajstić information content (AvgIpc) is 3.28. The van der Waals surface area contributed by atoms with Crippen LogP contribution in [0.5, 0.6) is 0 Å². The van der Waals surface area contributed by atoms with Crippen molar-refractivity contribution in [2.75, 3.05) is 5.32 Å². The van der Waals surface area contributed by atoms with Gasteiger partial charge in [-0.15, -0.1) is 21.5 Å². The largest absolute Gasteiger partial charge is 0.316 e. The lowest BCUT2D eigenvalue weighted by molar-refractivity contribution is -0.115. The standard InChI is InChI=1S/C19H15N5OS2/c1-11-9-16-22-23-19(24(16)15-6-4-3-5-14(11)15)27-12(2)17(25)21-18-13(10-20)7-8-26-18/h3-9,12H,1-2H3,(H,21,25). The summed E-state index contributed by atoms with van der Waals surface area (Å²) in [7, 11) is 0. The number of thiophene rings is 1. The van der Waals surface area contributed by atoms with Crippen molar-refractivity contribution in [1.82, 2.24) is 14.6 Å². The number of fused-ring (bicyclic) bond motifs is 3. The van der Waals surface area contributed by atoms with Crippen LogP contribution in [-0.2, 0) is 4.79 Å². The van der Waals surface area contributed by atoms with Crippen LogP contribution in [0.25, 0.3) is 16.6 Å². The monoisotopic (exact) mass is 393 g/mol. The molecule has 0 saturated heterocycles. The first-order valence-electron chi connectivity index (χ1n) is 8.27. The second-order valence-corrected chi connectivity index (χ2v) is 8.27. The fourth-order valence-electron chi connectivity index (χ4n) is 2.87. The molecule has 3 aromatic heterocycles. The number of nitrogens with one attached hydrogen (secondary N) is 1. The van der Waals surface area contributed by atoms with Gasteiger partial charge in [-0.1, -0.05) is 30.0 Å². The lowest BCUT2D eigenvalue weighted by Crippen LogP contribution is -2.22. The third kappa shape index (κ3) is 3.16. The molecule has 0 fully saturated rings. The first-order chi connectivity index (χ1) is 13.1. The summed E-state index contributed by atoms with van der Waals surface area (Å²) in [4.78, 5) is 12.6. The van der Waals surface area contributed by atoms with Gasteiger partial charge in [-0.2, -0.15) is 5.26 Å². The summed E-state index contributed by atoms with van der Waals surface area (Å²) < 4.78 is 1.97. The number of nitriles is 1. The van der Waals surface area contributed by atoms with Crippen molar-refractivity contribution in [2.45, 2.75) is 24.3 Å². The van der Waals surface area contributed by atoms with Crippen LogP contribution in [0.15, 0.2) is 46.9 Å². The van der Waals surface area contributed by atoms with E-state index in [1.165, 1.54) is 23.1 Å². The Morgan fingerprint density at radius 1 is 1.33 bits per heavy atom. The van der Waals surface area contributed by atoms with Crippen molar-refractivity contribution < 1.29 is 4.79 Å². The molecule has 1 atom stereocenters. The number of hydrogen-bond acceptors (Lipinski definition) is 6. The first kappa shape index (κ1) is 17.5. The topological polar surface area (TPSA) is 83.1 Å². The Bertz CT molecular complexity index is 1200. The summed E-state index contributed by atoms with van der Waals surface area (Å²) in [6.07, 6.45) is 0. The van der Waals surface area contributed by atoms with Crippen LogP contribution in [0.4, 0.5) is 5.00 Å². The predicted octanol–water partition coefficient (Wildman–Crippen LogP) is 4.24. The molecular formula is C19H15N5OS2. The molecule has 3 heterocycles. The predicted molar refractivity (Wildman–Crippen MR) is 108 cm³/mol. The van der Waals surface area contributed by atoms with E-state index in [-0.39, 0.29) is 5.91 Å². The number of aromatic nitrogens is 3. The number of aryl methyl sites for hydroxylation is 1. The minimum Gasteiger partial charge on any atom is -0.316 e. The molecule has 0 spiro atoms. The van der Waals surface area contributed by atoms with Crippen LogP contribution in [0, 0.1) is 18.3 Å². The number of benzene rings is 1. The van der Waals surface area contributed by atoms with Crippen LogP contribution >= 0.6 is 23.1 Å². The summed E-state index contributed by atoms with van der Waals surface area (Å²) in [5, 5.41) is 24.2. The van der Waals surface area contributed by atoms with Gasteiger partial charge in [0.1, 0.15) is 11.1 Å². The van der Waals surface area contributed by atoms with Crippen molar-refractivity contribution in [3.8, 4) is 6.07 Å². The summed E-state index contributed by atoms with van der Waals surface area (Å²) in [6.45, 7) is 3.87. The number of carbonyl (C=O) groups excluding carboxylic acids is 1. The molecule has 134 valence electrons. The molecule has 6 nitrogen and oxygen atoms in total. The molecule has 4 aromatic rings. The van der Waals surface area contributed by atoms with Gasteiger partial charge in [0.25, 0.3) is 0 Å². The molecule has 0 bridgehead atoms. The smallest absolute Gasteiger partial charge is 0.238 e. The van der Waals surface area contributed by atoms with Crippen molar-refractivity contribution in [3.05, 3.63) is 52.9 Å². The van der Waals surface area contributed by atoms with E-state index in [1.54, 1.807) is 11.4 Å². The molecule has 0 aliphatic heterocycles. The SMILES string of the molecule is Cc1cc2nnc(SC(C)C(=O)Nc3sccc3C#N)n2c2ccccc12. The van der Waals surface area contributed by atoms with E-state index < -0.39 is 5.25 Å². The molecule has 1 unspecified atom stereocenters. The molecule has 4 rings (SSSR count). The Balaban J connectivity index is 1.64. The number of rotatable bonds is 4. The molecule has 27 heavy (non-hydrogen) atoms. The van der Waals surface area contributed by atoms with Crippen molar-refractivity contribution in [3.63, 3.8) is 0 Å². The van der Waals surface area contributed by atoms with Crippen LogP contribution in [0.3, 0.4) is 0 Å². The minimum absolute atomic E-state index is 0.174. The Morgan fingerprint density at radius 3 is 2.96 bits per heavy atom. The van der Waals surface area contributed by atoms with E-state index >= 15 is 0 Å². The summed E-state index contributed by atoms with van der Waals surface area (Å²) in [5.74, 6) is -0.174. The van der Waals surface area contributed by atoms with Crippen molar-refractivity contribution in [2.24, 2.45) is 0 Å². The quantitative estimate of drug-likeness (QED) is 0.524. The third-order valence-corrected chi connectivity index (χ3v) is 6.12. The fourth-order valence-corrected chi connectivity index (χ4v) is 4.48. The second-order valence-electron chi connectivity index (χ2n) is 6.05. The van der Waals surface area contributed by atoms with Gasteiger partial charge in [-0.05, 0) is 43.0 Å². The molecule has 1 amide bonds. The Morgan fingerprint density at radius 2 is 2.15 bits per heavy atom. The van der Waals surface area contributed by atoms with E-state index in [2.05, 4.69) is 27.6 Å². The Kier molecular flexibility index (Phi) is 4.56. The van der Waals surface area contributed by atoms with E-state index in [9.17, 15) is 4.79 Å². The molecule has 0 radical (unpaired) electrons. The molecule has 0 saturated carbocycles. The highest BCUT2D eigenvalue weighted by atomic mass is 32.2. The van der Waals surface area contributed by atoms with Gasteiger partial charge < -0.3 is 5.32 Å². The van der Waals surface area contributed by atoms with Gasteiger partial charge in [0, 0.05) is 5.39 Å². The van der Waals surface area contributed by atoms with Crippen molar-refractivity contribution in [1.29, 1.82) is 5.26 Å². The maximum atomic E-state index is 12.6. The van der Waals surface area contributed by atoms with Gasteiger partial charge in [0.05, 0.1) is 16.3 Å². The van der Waals surface area contributed by atoms with Gasteiger partial charge >= 0.3 is 0 Å². The Hall–Kier alpha value is -2.89. The zero-order chi connectivity index (χ0) is 19.0. The van der Waals surface area contributed by atoms with Gasteiger partial charge in [0.15, 0.2) is 10.8 Å². The van der Waals surface area contributed by atoms with E-state index in [0.29, 0.717) is 15.7 Å². The van der Waals surface area contributed by atoms with Gasteiger partial charge in [-0.3, -0.25) is 9.20 Å². The number of nitrogens with zero attached hydrogens (tertiary/aromatic N) is 4. The first-order valence-corrected chi connectivity index (χ1v) is 10.0. The molecule has 8 heteroatoms. The normalized spacial score (nSPS) is 12.2. The second kappa shape index (κ2) is 7.02.